The molecule has 3 unspecified atom stereocenters. The summed E-state index contributed by atoms with van der Waals surface area (Å²) >= 11 is 0. The maximum atomic E-state index is 13.0. The number of carbonyl (C=O) groups excluding carboxylic acids is 1. The second kappa shape index (κ2) is 10.2. The highest BCUT2D eigenvalue weighted by molar-refractivity contribution is 7.91. The number of sulfone groups is 1. The third kappa shape index (κ3) is 5.75. The van der Waals surface area contributed by atoms with Crippen LogP contribution in [-0.4, -0.2) is 46.1 Å². The van der Waals surface area contributed by atoms with E-state index in [0.29, 0.717) is 36.8 Å². The number of rotatable bonds is 8. The monoisotopic (exact) mass is 471 g/mol. The van der Waals surface area contributed by atoms with Gasteiger partial charge in [0.2, 0.25) is 15.7 Å². The molecular weight excluding hydrogens is 438 g/mol. The first-order chi connectivity index (χ1) is 15.8. The topological polar surface area (TPSA) is 96.5 Å². The zero-order valence-corrected chi connectivity index (χ0v) is 20.0. The first-order valence-corrected chi connectivity index (χ1v) is 13.1. The van der Waals surface area contributed by atoms with Gasteiger partial charge in [0, 0.05) is 12.6 Å². The minimum Gasteiger partial charge on any atom is -0.493 e. The molecule has 1 amide bonds. The zero-order chi connectivity index (χ0) is 23.4. The number of carbonyl (C=O) groups is 1. The quantitative estimate of drug-likeness (QED) is 0.548. The molecule has 2 aromatic carbocycles. The van der Waals surface area contributed by atoms with E-state index in [2.05, 4.69) is 29.8 Å². The number of fused-ring (bicyclic) bond motifs is 1. The van der Waals surface area contributed by atoms with Crippen molar-refractivity contribution in [1.82, 2.24) is 16.0 Å². The highest BCUT2D eigenvalue weighted by Gasteiger charge is 2.38. The Morgan fingerprint density at radius 3 is 2.39 bits per heavy atom. The van der Waals surface area contributed by atoms with Gasteiger partial charge in [0.25, 0.3) is 0 Å². The van der Waals surface area contributed by atoms with Crippen LogP contribution in [0.5, 0.6) is 5.75 Å². The highest BCUT2D eigenvalue weighted by Crippen LogP contribution is 2.25. The molecule has 8 heteroatoms. The molecule has 33 heavy (non-hydrogen) atoms. The highest BCUT2D eigenvalue weighted by atomic mass is 32.2. The third-order valence-corrected chi connectivity index (χ3v) is 8.08. The average Bonchev–Trinajstić information content (AvgIpc) is 3.26. The van der Waals surface area contributed by atoms with Crippen molar-refractivity contribution >= 4 is 15.7 Å². The molecule has 4 rings (SSSR count). The van der Waals surface area contributed by atoms with Crippen LogP contribution in [0.4, 0.5) is 0 Å². The van der Waals surface area contributed by atoms with E-state index >= 15 is 0 Å². The summed E-state index contributed by atoms with van der Waals surface area (Å²) in [4.78, 5) is 13.0. The van der Waals surface area contributed by atoms with Crippen molar-refractivity contribution in [3.05, 3.63) is 54.1 Å². The molecule has 0 spiro atoms. The molecule has 2 heterocycles. The van der Waals surface area contributed by atoms with Gasteiger partial charge in [-0.2, -0.15) is 0 Å². The lowest BCUT2D eigenvalue weighted by Crippen LogP contribution is -2.45. The van der Waals surface area contributed by atoms with Crippen molar-refractivity contribution in [2.24, 2.45) is 11.8 Å². The molecule has 2 aliphatic heterocycles. The predicted molar refractivity (Wildman–Crippen MR) is 127 cm³/mol. The number of hydrogen-bond acceptors (Lipinski definition) is 6. The molecular formula is C25H33N3O4S. The minimum atomic E-state index is -3.62. The molecule has 178 valence electrons. The number of amides is 1. The van der Waals surface area contributed by atoms with Crippen molar-refractivity contribution < 1.29 is 17.9 Å². The molecule has 3 atom stereocenters. The van der Waals surface area contributed by atoms with Crippen LogP contribution in [0.25, 0.3) is 0 Å². The number of benzene rings is 2. The van der Waals surface area contributed by atoms with Crippen molar-refractivity contribution in [2.75, 3.05) is 19.7 Å². The smallest absolute Gasteiger partial charge is 0.237 e. The van der Waals surface area contributed by atoms with Crippen LogP contribution in [0.2, 0.25) is 0 Å². The van der Waals surface area contributed by atoms with Gasteiger partial charge in [0.05, 0.1) is 22.4 Å². The Balaban J connectivity index is 1.33. The molecule has 2 aliphatic rings. The first-order valence-electron chi connectivity index (χ1n) is 11.6. The fraction of sp³-hybridized carbons (Fsp3) is 0.480. The van der Waals surface area contributed by atoms with Crippen LogP contribution in [-0.2, 0) is 21.2 Å². The molecule has 7 nitrogen and oxygen atoms in total. The number of piperidine rings is 1. The first kappa shape index (κ1) is 23.7. The molecule has 3 N–H and O–H groups in total. The maximum absolute atomic E-state index is 13.0. The van der Waals surface area contributed by atoms with E-state index in [4.69, 9.17) is 4.74 Å². The van der Waals surface area contributed by atoms with Crippen molar-refractivity contribution in [3.63, 3.8) is 0 Å². The van der Waals surface area contributed by atoms with Crippen LogP contribution in [0.3, 0.4) is 0 Å². The normalized spacial score (nSPS) is 22.7. The third-order valence-electron chi connectivity index (χ3n) is 6.30. The molecule has 2 fully saturated rings. The van der Waals surface area contributed by atoms with Gasteiger partial charge < -0.3 is 20.7 Å². The number of hydrogen-bond donors (Lipinski definition) is 3. The summed E-state index contributed by atoms with van der Waals surface area (Å²) < 4.78 is 31.6. The fourth-order valence-corrected chi connectivity index (χ4v) is 5.68. The van der Waals surface area contributed by atoms with Gasteiger partial charge in [-0.1, -0.05) is 26.0 Å². The van der Waals surface area contributed by atoms with Crippen LogP contribution in [0.1, 0.15) is 32.3 Å². The van der Waals surface area contributed by atoms with Crippen molar-refractivity contribution in [2.45, 2.75) is 55.1 Å². The van der Waals surface area contributed by atoms with E-state index in [1.807, 2.05) is 0 Å². The Bertz CT molecular complexity index is 1040. The molecule has 0 aliphatic carbocycles. The second-order valence-electron chi connectivity index (χ2n) is 9.36. The Kier molecular flexibility index (Phi) is 7.36. The molecule has 0 radical (unpaired) electrons. The lowest BCUT2D eigenvalue weighted by atomic mass is 9.94. The van der Waals surface area contributed by atoms with Crippen LogP contribution in [0.15, 0.2) is 58.3 Å². The summed E-state index contributed by atoms with van der Waals surface area (Å²) in [5.41, 5.74) is 0.858. The van der Waals surface area contributed by atoms with E-state index in [0.717, 1.165) is 31.5 Å². The number of nitrogens with one attached hydrogen (secondary N) is 3. The van der Waals surface area contributed by atoms with E-state index in [1.54, 1.807) is 48.5 Å². The van der Waals surface area contributed by atoms with Gasteiger partial charge in [0.15, 0.2) is 0 Å². The van der Waals surface area contributed by atoms with Crippen LogP contribution < -0.4 is 20.7 Å². The summed E-state index contributed by atoms with van der Waals surface area (Å²) in [6.45, 7) is 7.02. The van der Waals surface area contributed by atoms with E-state index in [1.165, 1.54) is 0 Å². The lowest BCUT2D eigenvalue weighted by Gasteiger charge is -2.25. The van der Waals surface area contributed by atoms with Gasteiger partial charge in [0.1, 0.15) is 5.75 Å². The van der Waals surface area contributed by atoms with Gasteiger partial charge in [-0.3, -0.25) is 4.79 Å². The van der Waals surface area contributed by atoms with Crippen LogP contribution >= 0.6 is 0 Å². The van der Waals surface area contributed by atoms with Gasteiger partial charge >= 0.3 is 0 Å². The Hall–Kier alpha value is -2.42. The summed E-state index contributed by atoms with van der Waals surface area (Å²) in [5.74, 6) is 1.56. The van der Waals surface area contributed by atoms with E-state index < -0.39 is 9.84 Å². The Morgan fingerprint density at radius 1 is 1.09 bits per heavy atom. The predicted octanol–water partition coefficient (Wildman–Crippen LogP) is 2.51. The van der Waals surface area contributed by atoms with Crippen molar-refractivity contribution in [1.29, 1.82) is 0 Å². The van der Waals surface area contributed by atoms with Gasteiger partial charge in [-0.15, -0.1) is 0 Å². The Morgan fingerprint density at radius 2 is 1.76 bits per heavy atom. The number of ether oxygens (including phenoxy) is 1. The van der Waals surface area contributed by atoms with E-state index in [9.17, 15) is 13.2 Å². The van der Waals surface area contributed by atoms with Gasteiger partial charge in [-0.25, -0.2) is 8.42 Å². The zero-order valence-electron chi connectivity index (χ0n) is 19.2. The largest absolute Gasteiger partial charge is 0.493 e. The molecule has 0 aromatic heterocycles. The lowest BCUT2D eigenvalue weighted by molar-refractivity contribution is -0.123. The Labute approximate surface area is 196 Å². The van der Waals surface area contributed by atoms with E-state index in [-0.39, 0.29) is 21.7 Å². The summed E-state index contributed by atoms with van der Waals surface area (Å²) in [6, 6.07) is 13.4. The molecule has 0 bridgehead atoms. The SMILES string of the molecule is CC(C)COc1ccc(S(=O)(=O)c2ccc(CNC(=O)C3CC4CNCCC4N3)cc2)cc1. The maximum Gasteiger partial charge on any atom is 0.237 e. The fourth-order valence-electron chi connectivity index (χ4n) is 4.41. The van der Waals surface area contributed by atoms with Crippen molar-refractivity contribution in [3.8, 4) is 5.75 Å². The minimum absolute atomic E-state index is 0.000809. The molecule has 2 saturated heterocycles. The standard InChI is InChI=1S/C25H33N3O4S/c1-17(2)16-32-20-5-9-22(10-6-20)33(30,31)21-7-3-18(4-8-21)14-27-25(29)24-13-19-15-26-12-11-23(19)28-24/h3-10,17,19,23-24,26,28H,11-16H2,1-2H3,(H,27,29). The summed E-state index contributed by atoms with van der Waals surface area (Å²) in [6.07, 6.45) is 1.90. The summed E-state index contributed by atoms with van der Waals surface area (Å²) in [7, 11) is -3.62. The summed E-state index contributed by atoms with van der Waals surface area (Å²) in [5, 5.41) is 9.82. The average molecular weight is 472 g/mol. The second-order valence-corrected chi connectivity index (χ2v) is 11.3. The van der Waals surface area contributed by atoms with Gasteiger partial charge in [-0.05, 0) is 79.7 Å². The van der Waals surface area contributed by atoms with Crippen LogP contribution in [0, 0.1) is 11.8 Å². The molecule has 2 aromatic rings. The molecule has 0 saturated carbocycles.